The number of amides is 1. The molecule has 0 saturated heterocycles. The van der Waals surface area contributed by atoms with Crippen LogP contribution in [0.3, 0.4) is 0 Å². The second-order valence-corrected chi connectivity index (χ2v) is 8.64. The molecule has 2 heterocycles. The molecule has 1 amide bonds. The van der Waals surface area contributed by atoms with Gasteiger partial charge >= 0.3 is 6.09 Å². The van der Waals surface area contributed by atoms with Crippen molar-refractivity contribution in [2.75, 3.05) is 0 Å². The zero-order valence-corrected chi connectivity index (χ0v) is 17.8. The van der Waals surface area contributed by atoms with Crippen molar-refractivity contribution < 1.29 is 18.7 Å². The first-order valence-corrected chi connectivity index (χ1v) is 10.2. The molecule has 0 bridgehead atoms. The fraction of sp³-hybridized carbons (Fsp3) is 0.238. The van der Waals surface area contributed by atoms with Crippen molar-refractivity contribution in [3.05, 3.63) is 69.5 Å². The standard InChI is InChI=1S/C21H19FN4O4S/c1-21(2,3)30-20(29)25-31-23-10-11-4-6-13-15(8-11)24-18-17(27)14-9-12(22)5-7-16(14)26(18)19(13)28/h4-9,23H,10H2,1-3H3,(H,25,29). The van der Waals surface area contributed by atoms with Crippen LogP contribution in [0.25, 0.3) is 16.6 Å². The molecule has 8 nitrogen and oxygen atoms in total. The van der Waals surface area contributed by atoms with Gasteiger partial charge in [-0.15, -0.1) is 0 Å². The predicted molar refractivity (Wildman–Crippen MR) is 115 cm³/mol. The number of carbonyl (C=O) groups excluding carboxylic acids is 2. The van der Waals surface area contributed by atoms with Crippen molar-refractivity contribution in [1.29, 1.82) is 0 Å². The van der Waals surface area contributed by atoms with E-state index in [9.17, 15) is 18.8 Å². The van der Waals surface area contributed by atoms with Gasteiger partial charge in [0.25, 0.3) is 5.56 Å². The zero-order valence-electron chi connectivity index (χ0n) is 17.0. The van der Waals surface area contributed by atoms with Gasteiger partial charge in [-0.3, -0.25) is 18.9 Å². The lowest BCUT2D eigenvalue weighted by atomic mass is 10.1. The number of fused-ring (bicyclic) bond motifs is 4. The van der Waals surface area contributed by atoms with Crippen molar-refractivity contribution in [3.8, 4) is 5.69 Å². The molecule has 0 fully saturated rings. The second kappa shape index (κ2) is 7.78. The molecule has 31 heavy (non-hydrogen) atoms. The largest absolute Gasteiger partial charge is 0.443 e. The third kappa shape index (κ3) is 4.17. The Labute approximate surface area is 181 Å². The molecule has 2 aromatic carbocycles. The maximum absolute atomic E-state index is 13.6. The Morgan fingerprint density at radius 2 is 1.97 bits per heavy atom. The van der Waals surface area contributed by atoms with E-state index in [1.54, 1.807) is 39.0 Å². The number of nitrogens with one attached hydrogen (secondary N) is 2. The van der Waals surface area contributed by atoms with Gasteiger partial charge in [0.15, 0.2) is 5.82 Å². The first-order chi connectivity index (χ1) is 14.6. The molecule has 160 valence electrons. The van der Waals surface area contributed by atoms with Crippen molar-refractivity contribution in [2.45, 2.75) is 32.9 Å². The minimum Gasteiger partial charge on any atom is -0.443 e. The molecule has 0 aliphatic carbocycles. The average Bonchev–Trinajstić information content (AvgIpc) is 2.96. The summed E-state index contributed by atoms with van der Waals surface area (Å²) in [6, 6.07) is 8.79. The van der Waals surface area contributed by atoms with Crippen LogP contribution in [0.1, 0.15) is 42.5 Å². The number of benzene rings is 2. The van der Waals surface area contributed by atoms with Gasteiger partial charge in [0, 0.05) is 18.7 Å². The van der Waals surface area contributed by atoms with Crippen LogP contribution in [0, 0.1) is 5.82 Å². The topological polar surface area (TPSA) is 102 Å². The van der Waals surface area contributed by atoms with E-state index in [-0.39, 0.29) is 16.9 Å². The molecular weight excluding hydrogens is 423 g/mol. The van der Waals surface area contributed by atoms with Gasteiger partial charge in [-0.2, -0.15) is 0 Å². The highest BCUT2D eigenvalue weighted by atomic mass is 32.2. The molecular formula is C21H19FN4O4S. The molecule has 0 unspecified atom stereocenters. The normalized spacial score (nSPS) is 12.6. The second-order valence-electron chi connectivity index (χ2n) is 7.95. The van der Waals surface area contributed by atoms with E-state index >= 15 is 0 Å². The summed E-state index contributed by atoms with van der Waals surface area (Å²) in [4.78, 5) is 41.6. The first kappa shape index (κ1) is 21.0. The van der Waals surface area contributed by atoms with Crippen molar-refractivity contribution in [1.82, 2.24) is 19.0 Å². The smallest absolute Gasteiger partial charge is 0.418 e. The third-order valence-electron chi connectivity index (χ3n) is 4.46. The first-order valence-electron chi connectivity index (χ1n) is 9.42. The van der Waals surface area contributed by atoms with Crippen LogP contribution >= 0.6 is 12.1 Å². The van der Waals surface area contributed by atoms with Gasteiger partial charge in [-0.1, -0.05) is 6.07 Å². The number of rotatable bonds is 4. The summed E-state index contributed by atoms with van der Waals surface area (Å²) in [7, 11) is 0. The molecule has 1 aromatic heterocycles. The Morgan fingerprint density at radius 3 is 2.71 bits per heavy atom. The van der Waals surface area contributed by atoms with E-state index in [4.69, 9.17) is 4.74 Å². The van der Waals surface area contributed by atoms with Gasteiger partial charge in [-0.25, -0.2) is 18.9 Å². The molecule has 0 spiro atoms. The van der Waals surface area contributed by atoms with Crippen LogP contribution < -0.4 is 15.0 Å². The molecule has 1 aliphatic heterocycles. The summed E-state index contributed by atoms with van der Waals surface area (Å²) >= 11 is 0.968. The summed E-state index contributed by atoms with van der Waals surface area (Å²) in [5, 5.41) is 0.344. The molecule has 0 radical (unpaired) electrons. The van der Waals surface area contributed by atoms with Gasteiger partial charge in [0.1, 0.15) is 11.4 Å². The minimum atomic E-state index is -0.591. The van der Waals surface area contributed by atoms with Crippen LogP contribution in [-0.2, 0) is 11.3 Å². The number of ketones is 1. The van der Waals surface area contributed by atoms with Gasteiger partial charge in [0.05, 0.1) is 22.2 Å². The summed E-state index contributed by atoms with van der Waals surface area (Å²) in [5.41, 5.74) is 0.618. The number of hydrogen-bond donors (Lipinski definition) is 2. The number of aromatic nitrogens is 2. The molecule has 2 N–H and O–H groups in total. The number of hydrogen-bond acceptors (Lipinski definition) is 7. The molecule has 0 saturated carbocycles. The van der Waals surface area contributed by atoms with Gasteiger partial charge in [0.2, 0.25) is 5.78 Å². The lowest BCUT2D eigenvalue weighted by molar-refractivity contribution is 0.0574. The van der Waals surface area contributed by atoms with Crippen molar-refractivity contribution >= 4 is 34.9 Å². The highest BCUT2D eigenvalue weighted by Crippen LogP contribution is 2.27. The minimum absolute atomic E-state index is 0.0378. The molecule has 3 aromatic rings. The maximum atomic E-state index is 13.6. The van der Waals surface area contributed by atoms with Gasteiger partial charge in [-0.05, 0) is 56.7 Å². The molecule has 1 aliphatic rings. The highest BCUT2D eigenvalue weighted by Gasteiger charge is 2.30. The molecule has 10 heteroatoms. The Bertz CT molecular complexity index is 1280. The van der Waals surface area contributed by atoms with E-state index in [0.29, 0.717) is 23.1 Å². The van der Waals surface area contributed by atoms with E-state index in [2.05, 4.69) is 14.4 Å². The number of ether oxygens (including phenoxy) is 1. The van der Waals surface area contributed by atoms with Gasteiger partial charge < -0.3 is 4.74 Å². The highest BCUT2D eigenvalue weighted by molar-refractivity contribution is 7.95. The average molecular weight is 442 g/mol. The summed E-state index contributed by atoms with van der Waals surface area (Å²) in [6.45, 7) is 5.67. The lowest BCUT2D eigenvalue weighted by Gasteiger charge is -2.19. The van der Waals surface area contributed by atoms with E-state index in [1.807, 2.05) is 0 Å². The van der Waals surface area contributed by atoms with Crippen molar-refractivity contribution in [3.63, 3.8) is 0 Å². The van der Waals surface area contributed by atoms with E-state index in [0.717, 1.165) is 23.8 Å². The van der Waals surface area contributed by atoms with Crippen molar-refractivity contribution in [2.24, 2.45) is 0 Å². The number of halogens is 1. The SMILES string of the molecule is CC(C)(C)OC(=O)NSNCc1ccc2c(=O)n3c(nc2c1)C(=O)c1cc(F)ccc1-3. The lowest BCUT2D eigenvalue weighted by Crippen LogP contribution is -2.30. The van der Waals surface area contributed by atoms with E-state index < -0.39 is 23.3 Å². The number of nitrogens with zero attached hydrogens (tertiary/aromatic N) is 2. The Morgan fingerprint density at radius 1 is 1.19 bits per heavy atom. The number of carbonyl (C=O) groups is 2. The quantitative estimate of drug-likeness (QED) is 0.369. The summed E-state index contributed by atoms with van der Waals surface area (Å²) < 4.78 is 25.4. The maximum Gasteiger partial charge on any atom is 0.418 e. The zero-order chi connectivity index (χ0) is 22.3. The third-order valence-corrected chi connectivity index (χ3v) is 5.02. The Hall–Kier alpha value is -3.24. The monoisotopic (exact) mass is 442 g/mol. The predicted octanol–water partition coefficient (Wildman–Crippen LogP) is 3.25. The van der Waals surface area contributed by atoms with Crippen LogP contribution in [0.2, 0.25) is 0 Å². The fourth-order valence-electron chi connectivity index (χ4n) is 3.22. The summed E-state index contributed by atoms with van der Waals surface area (Å²) in [6.07, 6.45) is -0.566. The molecule has 4 rings (SSSR count). The van der Waals surface area contributed by atoms with Crippen LogP contribution in [0.15, 0.2) is 41.2 Å². The van der Waals surface area contributed by atoms with Crippen LogP contribution in [0.5, 0.6) is 0 Å². The summed E-state index contributed by atoms with van der Waals surface area (Å²) in [5.74, 6) is -1.08. The van der Waals surface area contributed by atoms with E-state index in [1.165, 1.54) is 16.7 Å². The molecule has 0 atom stereocenters. The Kier molecular flexibility index (Phi) is 5.28. The Balaban J connectivity index is 1.53. The van der Waals surface area contributed by atoms with Crippen LogP contribution in [-0.4, -0.2) is 27.0 Å². The van der Waals surface area contributed by atoms with Crippen LogP contribution in [0.4, 0.5) is 9.18 Å². The fourth-order valence-corrected chi connectivity index (χ4v) is 3.65.